The number of rotatable bonds is 3. The SMILES string of the molecule is CC(C)(C)OC(=O)N(N)C(=O)c1cc(F)c(F)cc1NC1CC1. The molecule has 2 amide bonds. The Kier molecular flexibility index (Phi) is 4.56. The summed E-state index contributed by atoms with van der Waals surface area (Å²) in [5, 5.41) is 3.16. The molecule has 0 atom stereocenters. The van der Waals surface area contributed by atoms with Gasteiger partial charge in [-0.1, -0.05) is 0 Å². The monoisotopic (exact) mass is 327 g/mol. The fraction of sp³-hybridized carbons (Fsp3) is 0.467. The average Bonchev–Trinajstić information content (AvgIpc) is 3.23. The molecule has 6 nitrogen and oxygen atoms in total. The molecule has 0 aliphatic heterocycles. The van der Waals surface area contributed by atoms with E-state index >= 15 is 0 Å². The van der Waals surface area contributed by atoms with Crippen LogP contribution in [0.3, 0.4) is 0 Å². The number of ether oxygens (including phenoxy) is 1. The largest absolute Gasteiger partial charge is 0.442 e. The maximum atomic E-state index is 13.5. The van der Waals surface area contributed by atoms with Gasteiger partial charge in [0.25, 0.3) is 5.91 Å². The minimum atomic E-state index is -1.20. The molecule has 126 valence electrons. The number of halogens is 2. The van der Waals surface area contributed by atoms with E-state index < -0.39 is 29.2 Å². The molecule has 0 aromatic heterocycles. The molecule has 1 aromatic rings. The van der Waals surface area contributed by atoms with Gasteiger partial charge >= 0.3 is 6.09 Å². The van der Waals surface area contributed by atoms with Crippen LogP contribution in [0.15, 0.2) is 12.1 Å². The third kappa shape index (κ3) is 4.38. The molecule has 1 aromatic carbocycles. The number of hydrogen-bond acceptors (Lipinski definition) is 5. The van der Waals surface area contributed by atoms with Crippen LogP contribution in [0.25, 0.3) is 0 Å². The van der Waals surface area contributed by atoms with E-state index in [4.69, 9.17) is 10.6 Å². The van der Waals surface area contributed by atoms with Gasteiger partial charge in [0.2, 0.25) is 0 Å². The summed E-state index contributed by atoms with van der Waals surface area (Å²) in [5.74, 6) is 2.19. The van der Waals surface area contributed by atoms with E-state index in [1.165, 1.54) is 0 Å². The lowest BCUT2D eigenvalue weighted by Gasteiger charge is -2.23. The molecule has 8 heteroatoms. The number of nitrogens with zero attached hydrogens (tertiary/aromatic N) is 1. The predicted octanol–water partition coefficient (Wildman–Crippen LogP) is 2.79. The topological polar surface area (TPSA) is 84.7 Å². The van der Waals surface area contributed by atoms with E-state index in [1.54, 1.807) is 20.8 Å². The molecule has 23 heavy (non-hydrogen) atoms. The Bertz CT molecular complexity index is 640. The number of hydrazine groups is 1. The molecule has 0 heterocycles. The van der Waals surface area contributed by atoms with Crippen molar-refractivity contribution < 1.29 is 23.1 Å². The molecule has 1 aliphatic rings. The smallest absolute Gasteiger partial charge is 0.432 e. The second-order valence-electron chi connectivity index (χ2n) is 6.39. The van der Waals surface area contributed by atoms with Crippen LogP contribution >= 0.6 is 0 Å². The molecule has 1 aliphatic carbocycles. The fourth-order valence-electron chi connectivity index (χ4n) is 1.81. The van der Waals surface area contributed by atoms with E-state index in [9.17, 15) is 18.4 Å². The first-order valence-electron chi connectivity index (χ1n) is 7.16. The Balaban J connectivity index is 2.26. The van der Waals surface area contributed by atoms with Gasteiger partial charge in [-0.15, -0.1) is 0 Å². The fourth-order valence-corrected chi connectivity index (χ4v) is 1.81. The number of benzene rings is 1. The van der Waals surface area contributed by atoms with Crippen LogP contribution in [0.4, 0.5) is 19.3 Å². The lowest BCUT2D eigenvalue weighted by atomic mass is 10.1. The van der Waals surface area contributed by atoms with Crippen molar-refractivity contribution >= 4 is 17.7 Å². The summed E-state index contributed by atoms with van der Waals surface area (Å²) in [6.45, 7) is 4.84. The van der Waals surface area contributed by atoms with Crippen molar-refractivity contribution in [3.8, 4) is 0 Å². The molecule has 0 radical (unpaired) electrons. The molecular formula is C15H19F2N3O3. The van der Waals surface area contributed by atoms with Gasteiger partial charge in [0.05, 0.1) is 11.3 Å². The summed E-state index contributed by atoms with van der Waals surface area (Å²) in [5.41, 5.74) is -0.988. The third-order valence-corrected chi connectivity index (χ3v) is 3.04. The molecule has 0 bridgehead atoms. The quantitative estimate of drug-likeness (QED) is 0.506. The summed E-state index contributed by atoms with van der Waals surface area (Å²) < 4.78 is 31.9. The van der Waals surface area contributed by atoms with E-state index in [-0.39, 0.29) is 22.3 Å². The lowest BCUT2D eigenvalue weighted by Crippen LogP contribution is -2.45. The zero-order valence-corrected chi connectivity index (χ0v) is 13.2. The maximum Gasteiger partial charge on any atom is 0.432 e. The molecule has 0 spiro atoms. The second kappa shape index (κ2) is 6.11. The zero-order valence-electron chi connectivity index (χ0n) is 13.2. The van der Waals surface area contributed by atoms with Gasteiger partial charge in [-0.3, -0.25) is 4.79 Å². The first kappa shape index (κ1) is 17.1. The van der Waals surface area contributed by atoms with Crippen LogP contribution in [0.5, 0.6) is 0 Å². The molecule has 3 N–H and O–H groups in total. The Hall–Kier alpha value is -2.22. The van der Waals surface area contributed by atoms with E-state index in [0.29, 0.717) is 6.07 Å². The highest BCUT2D eigenvalue weighted by molar-refractivity contribution is 6.06. The maximum absolute atomic E-state index is 13.5. The van der Waals surface area contributed by atoms with E-state index in [0.717, 1.165) is 18.9 Å². The molecule has 0 saturated heterocycles. The van der Waals surface area contributed by atoms with Crippen LogP contribution in [0.2, 0.25) is 0 Å². The highest BCUT2D eigenvalue weighted by Crippen LogP contribution is 2.29. The number of carbonyl (C=O) groups is 2. The van der Waals surface area contributed by atoms with Gasteiger partial charge in [-0.25, -0.2) is 19.4 Å². The Morgan fingerprint density at radius 2 is 1.83 bits per heavy atom. The van der Waals surface area contributed by atoms with Gasteiger partial charge < -0.3 is 10.1 Å². The number of nitrogens with one attached hydrogen (secondary N) is 1. The lowest BCUT2D eigenvalue weighted by molar-refractivity contribution is 0.0239. The molecular weight excluding hydrogens is 308 g/mol. The predicted molar refractivity (Wildman–Crippen MR) is 79.6 cm³/mol. The number of anilines is 1. The highest BCUT2D eigenvalue weighted by atomic mass is 19.2. The number of carbonyl (C=O) groups excluding carboxylic acids is 2. The van der Waals surface area contributed by atoms with Gasteiger partial charge in [0, 0.05) is 12.1 Å². The summed E-state index contributed by atoms with van der Waals surface area (Å²) >= 11 is 0. The molecule has 1 fully saturated rings. The summed E-state index contributed by atoms with van der Waals surface area (Å²) in [6, 6.07) is 1.69. The van der Waals surface area contributed by atoms with E-state index in [2.05, 4.69) is 5.32 Å². The van der Waals surface area contributed by atoms with Crippen molar-refractivity contribution in [2.24, 2.45) is 5.84 Å². The Morgan fingerprint density at radius 1 is 1.26 bits per heavy atom. The van der Waals surface area contributed by atoms with Gasteiger partial charge in [-0.05, 0) is 39.7 Å². The van der Waals surface area contributed by atoms with Crippen LogP contribution < -0.4 is 11.2 Å². The van der Waals surface area contributed by atoms with Crippen molar-refractivity contribution in [2.75, 3.05) is 5.32 Å². The van der Waals surface area contributed by atoms with Crippen LogP contribution in [0.1, 0.15) is 44.0 Å². The number of hydrogen-bond donors (Lipinski definition) is 2. The third-order valence-electron chi connectivity index (χ3n) is 3.04. The number of amides is 2. The van der Waals surface area contributed by atoms with Crippen molar-refractivity contribution in [3.05, 3.63) is 29.3 Å². The number of nitrogens with two attached hydrogens (primary N) is 1. The molecule has 2 rings (SSSR count). The first-order chi connectivity index (χ1) is 10.6. The summed E-state index contributed by atoms with van der Waals surface area (Å²) in [6.07, 6.45) is 0.653. The summed E-state index contributed by atoms with van der Waals surface area (Å²) in [4.78, 5) is 24.2. The van der Waals surface area contributed by atoms with Crippen LogP contribution in [-0.4, -0.2) is 28.7 Å². The van der Waals surface area contributed by atoms with Gasteiger partial charge in [-0.2, -0.15) is 5.01 Å². The van der Waals surface area contributed by atoms with Crippen molar-refractivity contribution in [1.29, 1.82) is 0 Å². The second-order valence-corrected chi connectivity index (χ2v) is 6.39. The van der Waals surface area contributed by atoms with Crippen molar-refractivity contribution in [2.45, 2.75) is 45.3 Å². The number of imide groups is 1. The van der Waals surface area contributed by atoms with Gasteiger partial charge in [0.1, 0.15) is 5.60 Å². The standard InChI is InChI=1S/C15H19F2N3O3/c1-15(2,3)23-14(22)20(18)13(21)9-6-10(16)11(17)7-12(9)19-8-4-5-8/h6-8,19H,4-5,18H2,1-3H3. The zero-order chi connectivity index (χ0) is 17.4. The van der Waals surface area contributed by atoms with Crippen LogP contribution in [0, 0.1) is 11.6 Å². The van der Waals surface area contributed by atoms with Crippen molar-refractivity contribution in [3.63, 3.8) is 0 Å². The van der Waals surface area contributed by atoms with Crippen LogP contribution in [-0.2, 0) is 4.74 Å². The average molecular weight is 327 g/mol. The molecule has 0 unspecified atom stereocenters. The normalized spacial score (nSPS) is 14.3. The minimum Gasteiger partial charge on any atom is -0.442 e. The minimum absolute atomic E-state index is 0.0930. The Labute approximate surface area is 132 Å². The van der Waals surface area contributed by atoms with E-state index in [1.807, 2.05) is 0 Å². The van der Waals surface area contributed by atoms with Crippen molar-refractivity contribution in [1.82, 2.24) is 5.01 Å². The summed E-state index contributed by atoms with van der Waals surface area (Å²) in [7, 11) is 0. The highest BCUT2D eigenvalue weighted by Gasteiger charge is 2.30. The molecule has 1 saturated carbocycles. The first-order valence-corrected chi connectivity index (χ1v) is 7.16. The Morgan fingerprint density at radius 3 is 2.35 bits per heavy atom. The van der Waals surface area contributed by atoms with Gasteiger partial charge in [0.15, 0.2) is 11.6 Å².